The molecule has 0 aliphatic carbocycles. The van der Waals surface area contributed by atoms with Gasteiger partial charge in [-0.1, -0.05) is 23.0 Å². The number of aryl methyl sites for hydroxylation is 2. The van der Waals surface area contributed by atoms with E-state index in [0.717, 1.165) is 15.7 Å². The van der Waals surface area contributed by atoms with Gasteiger partial charge in [0.2, 0.25) is 0 Å². The second-order valence-corrected chi connectivity index (χ2v) is 8.44. The third kappa shape index (κ3) is 4.70. The van der Waals surface area contributed by atoms with Gasteiger partial charge in [-0.2, -0.15) is 0 Å². The number of thioether (sulfide) groups is 1. The number of nitrogens with one attached hydrogen (secondary N) is 2. The number of thiazole rings is 1. The Morgan fingerprint density at radius 1 is 1.29 bits per heavy atom. The molecule has 2 N–H and O–H groups in total. The summed E-state index contributed by atoms with van der Waals surface area (Å²) in [5.41, 5.74) is 6.58. The van der Waals surface area contributed by atoms with Crippen LogP contribution in [-0.4, -0.2) is 43.9 Å². The van der Waals surface area contributed by atoms with Crippen molar-refractivity contribution in [2.75, 3.05) is 12.4 Å². The number of hydrazine groups is 1. The third-order valence-electron chi connectivity index (χ3n) is 4.18. The monoisotopic (exact) mass is 458 g/mol. The topological polar surface area (TPSA) is 124 Å². The molecule has 0 saturated carbocycles. The van der Waals surface area contributed by atoms with Crippen molar-refractivity contribution in [3.63, 3.8) is 0 Å². The summed E-state index contributed by atoms with van der Waals surface area (Å²) >= 11 is 2.91. The number of hydrogen-bond acceptors (Lipinski definition) is 9. The Kier molecular flexibility index (Phi) is 6.18. The van der Waals surface area contributed by atoms with Crippen molar-refractivity contribution in [2.24, 2.45) is 0 Å². The number of pyridine rings is 1. The highest BCUT2D eigenvalue weighted by Gasteiger charge is 2.23. The van der Waals surface area contributed by atoms with Crippen LogP contribution in [0.15, 0.2) is 45.7 Å². The summed E-state index contributed by atoms with van der Waals surface area (Å²) in [4.78, 5) is 33.0. The predicted octanol–water partition coefficient (Wildman–Crippen LogP) is 3.23. The first kappa shape index (κ1) is 20.9. The fourth-order valence-electron chi connectivity index (χ4n) is 2.80. The minimum Gasteiger partial charge on any atom is -0.447 e. The molecule has 0 aromatic carbocycles. The van der Waals surface area contributed by atoms with Crippen LogP contribution >= 0.6 is 23.1 Å². The van der Waals surface area contributed by atoms with E-state index in [4.69, 9.17) is 9.26 Å². The number of fused-ring (bicyclic) bond motifs is 1. The van der Waals surface area contributed by atoms with Gasteiger partial charge in [0.05, 0.1) is 28.0 Å². The molecule has 0 aliphatic rings. The number of amides is 2. The van der Waals surface area contributed by atoms with Crippen molar-refractivity contribution in [1.29, 1.82) is 0 Å². The fourth-order valence-corrected chi connectivity index (χ4v) is 4.19. The average Bonchev–Trinajstić information content (AvgIpc) is 3.48. The lowest BCUT2D eigenvalue weighted by Crippen LogP contribution is -2.42. The standard InChI is InChI=1S/C19H18N6O4S2/c1-11-15(14-10-31-12(2)21-14)16(24-29-11)17(26)22-23-19(27)28-7-8-30-18-20-9-13-5-3-4-6-25(13)18/h3-6,9-10H,7-8H2,1-2H3,(H,22,26)(H,23,27). The predicted molar refractivity (Wildman–Crippen MR) is 115 cm³/mol. The van der Waals surface area contributed by atoms with Crippen molar-refractivity contribution >= 4 is 40.6 Å². The second-order valence-electron chi connectivity index (χ2n) is 6.31. The quantitative estimate of drug-likeness (QED) is 0.256. The Bertz CT molecular complexity index is 1230. The number of hydrogen-bond donors (Lipinski definition) is 2. The van der Waals surface area contributed by atoms with E-state index < -0.39 is 12.0 Å². The fraction of sp³-hybridized carbons (Fsp3) is 0.211. The lowest BCUT2D eigenvalue weighted by atomic mass is 10.1. The lowest BCUT2D eigenvalue weighted by Gasteiger charge is -2.07. The maximum Gasteiger partial charge on any atom is 0.426 e. The van der Waals surface area contributed by atoms with Gasteiger partial charge in [-0.3, -0.25) is 14.6 Å². The first-order valence-electron chi connectivity index (χ1n) is 9.19. The minimum atomic E-state index is -0.784. The number of carbonyl (C=O) groups is 2. The SMILES string of the molecule is Cc1nc(-c2c(C(=O)NNC(=O)OCCSc3ncc4ccccn34)noc2C)cs1. The molecule has 0 unspecified atom stereocenters. The summed E-state index contributed by atoms with van der Waals surface area (Å²) in [6, 6.07) is 5.82. The Morgan fingerprint density at radius 3 is 2.97 bits per heavy atom. The minimum absolute atomic E-state index is 0.0323. The molecular weight excluding hydrogens is 440 g/mol. The Morgan fingerprint density at radius 2 is 2.16 bits per heavy atom. The average molecular weight is 459 g/mol. The smallest absolute Gasteiger partial charge is 0.426 e. The highest BCUT2D eigenvalue weighted by molar-refractivity contribution is 7.99. The molecule has 4 aromatic heterocycles. The first-order chi connectivity index (χ1) is 15.0. The number of imidazole rings is 1. The van der Waals surface area contributed by atoms with Crippen LogP contribution in [0.25, 0.3) is 16.8 Å². The molecule has 31 heavy (non-hydrogen) atoms. The summed E-state index contributed by atoms with van der Waals surface area (Å²) in [6.07, 6.45) is 2.91. The molecule has 160 valence electrons. The summed E-state index contributed by atoms with van der Waals surface area (Å²) in [5.74, 6) is 0.333. The van der Waals surface area contributed by atoms with Crippen molar-refractivity contribution in [2.45, 2.75) is 19.0 Å². The van der Waals surface area contributed by atoms with Crippen molar-refractivity contribution in [1.82, 2.24) is 30.4 Å². The van der Waals surface area contributed by atoms with Crippen LogP contribution in [0, 0.1) is 13.8 Å². The van der Waals surface area contributed by atoms with E-state index in [0.29, 0.717) is 22.8 Å². The maximum absolute atomic E-state index is 12.4. The van der Waals surface area contributed by atoms with Gasteiger partial charge in [-0.25, -0.2) is 20.2 Å². The molecule has 0 bridgehead atoms. The molecule has 12 heteroatoms. The molecule has 4 heterocycles. The van der Waals surface area contributed by atoms with Crippen LogP contribution in [0.3, 0.4) is 0 Å². The van der Waals surface area contributed by atoms with Gasteiger partial charge >= 0.3 is 6.09 Å². The van der Waals surface area contributed by atoms with Crippen LogP contribution < -0.4 is 10.9 Å². The van der Waals surface area contributed by atoms with Crippen LogP contribution in [0.2, 0.25) is 0 Å². The molecule has 0 aliphatic heterocycles. The molecule has 0 spiro atoms. The maximum atomic E-state index is 12.4. The highest BCUT2D eigenvalue weighted by Crippen LogP contribution is 2.28. The summed E-state index contributed by atoms with van der Waals surface area (Å²) in [6.45, 7) is 3.69. The zero-order chi connectivity index (χ0) is 21.8. The molecule has 0 saturated heterocycles. The molecule has 2 amide bonds. The van der Waals surface area contributed by atoms with Crippen LogP contribution in [0.1, 0.15) is 21.3 Å². The van der Waals surface area contributed by atoms with Gasteiger partial charge in [0, 0.05) is 17.3 Å². The van der Waals surface area contributed by atoms with E-state index in [1.165, 1.54) is 23.1 Å². The molecule has 0 fully saturated rings. The van der Waals surface area contributed by atoms with Crippen LogP contribution in [-0.2, 0) is 4.74 Å². The van der Waals surface area contributed by atoms with Crippen molar-refractivity contribution in [3.8, 4) is 11.3 Å². The molecule has 0 atom stereocenters. The van der Waals surface area contributed by atoms with Crippen LogP contribution in [0.5, 0.6) is 0 Å². The van der Waals surface area contributed by atoms with Gasteiger partial charge < -0.3 is 9.26 Å². The largest absolute Gasteiger partial charge is 0.447 e. The normalized spacial score (nSPS) is 10.9. The van der Waals surface area contributed by atoms with E-state index in [-0.39, 0.29) is 12.3 Å². The third-order valence-corrected chi connectivity index (χ3v) is 5.89. The van der Waals surface area contributed by atoms with Crippen molar-refractivity contribution in [3.05, 3.63) is 52.4 Å². The van der Waals surface area contributed by atoms with Gasteiger partial charge in [0.25, 0.3) is 5.91 Å². The second kappa shape index (κ2) is 9.18. The molecule has 4 aromatic rings. The number of aromatic nitrogens is 4. The first-order valence-corrected chi connectivity index (χ1v) is 11.1. The number of rotatable bonds is 6. The molecule has 10 nitrogen and oxygen atoms in total. The van der Waals surface area contributed by atoms with Gasteiger partial charge in [-0.15, -0.1) is 11.3 Å². The number of carbonyl (C=O) groups excluding carboxylic acids is 2. The van der Waals surface area contributed by atoms with Crippen LogP contribution in [0.4, 0.5) is 4.79 Å². The van der Waals surface area contributed by atoms with Gasteiger partial charge in [-0.05, 0) is 26.0 Å². The zero-order valence-corrected chi connectivity index (χ0v) is 18.2. The summed E-state index contributed by atoms with van der Waals surface area (Å²) in [5, 5.41) is 7.25. The zero-order valence-electron chi connectivity index (χ0n) is 16.6. The molecule has 0 radical (unpaired) electrons. The van der Waals surface area contributed by atoms with Crippen molar-refractivity contribution < 1.29 is 18.8 Å². The van der Waals surface area contributed by atoms with E-state index in [9.17, 15) is 9.59 Å². The molecular formula is C19H18N6O4S2. The molecule has 4 rings (SSSR count). The Balaban J connectivity index is 1.25. The van der Waals surface area contributed by atoms with Gasteiger partial charge in [0.1, 0.15) is 12.4 Å². The number of ether oxygens (including phenoxy) is 1. The van der Waals surface area contributed by atoms with E-state index in [1.807, 2.05) is 41.1 Å². The van der Waals surface area contributed by atoms with Gasteiger partial charge in [0.15, 0.2) is 10.9 Å². The summed E-state index contributed by atoms with van der Waals surface area (Å²) < 4.78 is 12.2. The lowest BCUT2D eigenvalue weighted by molar-refractivity contribution is 0.0905. The summed E-state index contributed by atoms with van der Waals surface area (Å²) in [7, 11) is 0. The van der Waals surface area contributed by atoms with E-state index in [2.05, 4.69) is 26.0 Å². The Labute approximate surface area is 185 Å². The van der Waals surface area contributed by atoms with E-state index >= 15 is 0 Å². The van der Waals surface area contributed by atoms with E-state index in [1.54, 1.807) is 13.1 Å². The highest BCUT2D eigenvalue weighted by atomic mass is 32.2. The number of nitrogens with zero attached hydrogens (tertiary/aromatic N) is 4. The Hall–Kier alpha value is -3.38.